The number of anilines is 2. The molecule has 0 radical (unpaired) electrons. The lowest BCUT2D eigenvalue weighted by Gasteiger charge is -2.09. The van der Waals surface area contributed by atoms with Gasteiger partial charge in [-0.1, -0.05) is 13.8 Å². The van der Waals surface area contributed by atoms with Crippen LogP contribution in [0, 0.1) is 0 Å². The van der Waals surface area contributed by atoms with Gasteiger partial charge in [-0.05, 0) is 13.3 Å². The standard InChI is InChI=1S/C12H23N5O2S/c1-4-7-13-10-15-11(14-8-9-20(18)6-3)17-12(16-10)19-5-2/h4-9H2,1-3H3,(H2,13,14,15,16,17). The maximum atomic E-state index is 11.4. The summed E-state index contributed by atoms with van der Waals surface area (Å²) in [6.45, 7) is 7.69. The highest BCUT2D eigenvalue weighted by molar-refractivity contribution is 7.84. The predicted octanol–water partition coefficient (Wildman–Crippen LogP) is 1.27. The molecule has 0 aliphatic carbocycles. The van der Waals surface area contributed by atoms with Crippen molar-refractivity contribution in [3.63, 3.8) is 0 Å². The molecule has 1 rings (SSSR count). The van der Waals surface area contributed by atoms with E-state index in [0.717, 1.165) is 13.0 Å². The van der Waals surface area contributed by atoms with Gasteiger partial charge >= 0.3 is 6.01 Å². The van der Waals surface area contributed by atoms with Gasteiger partial charge < -0.3 is 15.4 Å². The van der Waals surface area contributed by atoms with Gasteiger partial charge in [0.05, 0.1) is 6.61 Å². The van der Waals surface area contributed by atoms with E-state index in [2.05, 4.69) is 32.5 Å². The van der Waals surface area contributed by atoms with Gasteiger partial charge in [-0.2, -0.15) is 15.0 Å². The van der Waals surface area contributed by atoms with Crippen molar-refractivity contribution in [2.75, 3.05) is 41.8 Å². The van der Waals surface area contributed by atoms with Crippen LogP contribution in [0.25, 0.3) is 0 Å². The van der Waals surface area contributed by atoms with Gasteiger partial charge in [0.15, 0.2) is 0 Å². The minimum atomic E-state index is -0.800. The predicted molar refractivity (Wildman–Crippen MR) is 81.8 cm³/mol. The number of hydrogen-bond donors (Lipinski definition) is 2. The average molecular weight is 301 g/mol. The highest BCUT2D eigenvalue weighted by Crippen LogP contribution is 2.11. The summed E-state index contributed by atoms with van der Waals surface area (Å²) in [6, 6.07) is 0.292. The summed E-state index contributed by atoms with van der Waals surface area (Å²) in [5, 5.41) is 6.15. The molecule has 0 amide bonds. The number of rotatable bonds is 10. The van der Waals surface area contributed by atoms with Gasteiger partial charge in [-0.25, -0.2) is 0 Å². The fraction of sp³-hybridized carbons (Fsp3) is 0.750. The molecule has 0 fully saturated rings. The van der Waals surface area contributed by atoms with Crippen LogP contribution in [0.1, 0.15) is 27.2 Å². The second-order valence-electron chi connectivity index (χ2n) is 3.98. The molecular weight excluding hydrogens is 278 g/mol. The lowest BCUT2D eigenvalue weighted by molar-refractivity contribution is 0.312. The van der Waals surface area contributed by atoms with Gasteiger partial charge in [0, 0.05) is 35.4 Å². The first-order chi connectivity index (χ1) is 9.69. The molecule has 1 aromatic heterocycles. The summed E-state index contributed by atoms with van der Waals surface area (Å²) >= 11 is 0. The third-order valence-electron chi connectivity index (χ3n) is 2.36. The summed E-state index contributed by atoms with van der Waals surface area (Å²) < 4.78 is 16.7. The molecule has 7 nitrogen and oxygen atoms in total. The molecule has 1 atom stereocenters. The van der Waals surface area contributed by atoms with E-state index >= 15 is 0 Å². The molecule has 2 N–H and O–H groups in total. The Morgan fingerprint density at radius 2 is 1.70 bits per heavy atom. The van der Waals surface area contributed by atoms with Crippen LogP contribution >= 0.6 is 0 Å². The fourth-order valence-electron chi connectivity index (χ4n) is 1.37. The van der Waals surface area contributed by atoms with Crippen molar-refractivity contribution >= 4 is 22.7 Å². The molecule has 1 unspecified atom stereocenters. The first-order valence-electron chi connectivity index (χ1n) is 6.91. The molecule has 0 bridgehead atoms. The molecule has 0 aromatic carbocycles. The average Bonchev–Trinajstić information content (AvgIpc) is 2.45. The number of ether oxygens (including phenoxy) is 1. The van der Waals surface area contributed by atoms with Crippen molar-refractivity contribution in [2.45, 2.75) is 27.2 Å². The first-order valence-corrected chi connectivity index (χ1v) is 8.39. The van der Waals surface area contributed by atoms with E-state index in [0.29, 0.717) is 42.6 Å². The first kappa shape index (κ1) is 16.6. The second-order valence-corrected chi connectivity index (χ2v) is 5.85. The molecule has 1 aromatic rings. The normalized spacial score (nSPS) is 11.9. The SMILES string of the molecule is CCCNc1nc(NCCS(=O)CC)nc(OCC)n1. The van der Waals surface area contributed by atoms with E-state index < -0.39 is 10.8 Å². The summed E-state index contributed by atoms with van der Waals surface area (Å²) in [7, 11) is -0.800. The number of nitrogens with zero attached hydrogens (tertiary/aromatic N) is 3. The Morgan fingerprint density at radius 3 is 2.25 bits per heavy atom. The fourth-order valence-corrected chi connectivity index (χ4v) is 1.98. The monoisotopic (exact) mass is 301 g/mol. The summed E-state index contributed by atoms with van der Waals surface area (Å²) in [5.74, 6) is 2.16. The number of aromatic nitrogens is 3. The Balaban J connectivity index is 2.66. The van der Waals surface area contributed by atoms with Gasteiger partial charge in [-0.15, -0.1) is 0 Å². The number of hydrogen-bond acceptors (Lipinski definition) is 7. The number of nitrogens with one attached hydrogen (secondary N) is 2. The van der Waals surface area contributed by atoms with Crippen molar-refractivity contribution in [1.82, 2.24) is 15.0 Å². The van der Waals surface area contributed by atoms with Gasteiger partial charge in [0.25, 0.3) is 0 Å². The molecule has 8 heteroatoms. The van der Waals surface area contributed by atoms with Crippen LogP contribution in [0.15, 0.2) is 0 Å². The maximum Gasteiger partial charge on any atom is 0.323 e. The molecule has 0 aliphatic rings. The summed E-state index contributed by atoms with van der Waals surface area (Å²) in [5.41, 5.74) is 0. The maximum absolute atomic E-state index is 11.4. The van der Waals surface area contributed by atoms with Crippen LogP contribution in [0.3, 0.4) is 0 Å². The van der Waals surface area contributed by atoms with E-state index in [9.17, 15) is 4.21 Å². The Labute approximate surface area is 122 Å². The van der Waals surface area contributed by atoms with E-state index in [1.807, 2.05) is 13.8 Å². The van der Waals surface area contributed by atoms with E-state index in [4.69, 9.17) is 4.74 Å². The molecular formula is C12H23N5O2S. The van der Waals surface area contributed by atoms with Crippen LogP contribution in [-0.4, -0.2) is 50.4 Å². The smallest absolute Gasteiger partial charge is 0.323 e. The Bertz CT molecular complexity index is 430. The van der Waals surface area contributed by atoms with Crippen molar-refractivity contribution in [3.8, 4) is 6.01 Å². The van der Waals surface area contributed by atoms with E-state index in [1.54, 1.807) is 0 Å². The molecule has 0 saturated carbocycles. The quantitative estimate of drug-likeness (QED) is 0.672. The third kappa shape index (κ3) is 6.14. The summed E-state index contributed by atoms with van der Waals surface area (Å²) in [6.07, 6.45) is 0.980. The highest BCUT2D eigenvalue weighted by atomic mass is 32.2. The zero-order valence-electron chi connectivity index (χ0n) is 12.3. The van der Waals surface area contributed by atoms with Crippen molar-refractivity contribution in [1.29, 1.82) is 0 Å². The van der Waals surface area contributed by atoms with Crippen molar-refractivity contribution in [3.05, 3.63) is 0 Å². The minimum absolute atomic E-state index is 0.292. The zero-order valence-corrected chi connectivity index (χ0v) is 13.1. The lowest BCUT2D eigenvalue weighted by atomic mass is 10.5. The molecule has 0 aliphatic heterocycles. The summed E-state index contributed by atoms with van der Waals surface area (Å²) in [4.78, 5) is 12.6. The highest BCUT2D eigenvalue weighted by Gasteiger charge is 2.07. The van der Waals surface area contributed by atoms with Gasteiger partial charge in [-0.3, -0.25) is 4.21 Å². The van der Waals surface area contributed by atoms with E-state index in [-0.39, 0.29) is 0 Å². The van der Waals surface area contributed by atoms with Gasteiger partial charge in [0.2, 0.25) is 11.9 Å². The molecule has 20 heavy (non-hydrogen) atoms. The van der Waals surface area contributed by atoms with Gasteiger partial charge in [0.1, 0.15) is 0 Å². The van der Waals surface area contributed by atoms with Crippen LogP contribution in [-0.2, 0) is 10.8 Å². The Hall–Kier alpha value is -1.44. The lowest BCUT2D eigenvalue weighted by Crippen LogP contribution is -2.16. The molecule has 0 spiro atoms. The topological polar surface area (TPSA) is 89.0 Å². The van der Waals surface area contributed by atoms with Crippen LogP contribution < -0.4 is 15.4 Å². The Morgan fingerprint density at radius 1 is 1.05 bits per heavy atom. The second kappa shape index (κ2) is 9.46. The van der Waals surface area contributed by atoms with Crippen LogP contribution in [0.4, 0.5) is 11.9 Å². The largest absolute Gasteiger partial charge is 0.464 e. The molecule has 114 valence electrons. The zero-order chi connectivity index (χ0) is 14.8. The molecule has 1 heterocycles. The van der Waals surface area contributed by atoms with Crippen molar-refractivity contribution in [2.24, 2.45) is 0 Å². The van der Waals surface area contributed by atoms with Crippen molar-refractivity contribution < 1.29 is 8.95 Å². The minimum Gasteiger partial charge on any atom is -0.464 e. The third-order valence-corrected chi connectivity index (χ3v) is 3.66. The van der Waals surface area contributed by atoms with Crippen LogP contribution in [0.2, 0.25) is 0 Å². The van der Waals surface area contributed by atoms with Crippen LogP contribution in [0.5, 0.6) is 6.01 Å². The Kier molecular flexibility index (Phi) is 7.86. The van der Waals surface area contributed by atoms with E-state index in [1.165, 1.54) is 0 Å². The molecule has 0 saturated heterocycles.